The lowest BCUT2D eigenvalue weighted by Gasteiger charge is -2.29. The maximum absolute atomic E-state index is 12.8. The highest BCUT2D eigenvalue weighted by molar-refractivity contribution is 7.90. The van der Waals surface area contributed by atoms with Crippen molar-refractivity contribution in [3.8, 4) is 5.75 Å². The molecule has 0 saturated carbocycles. The maximum Gasteiger partial charge on any atom is 0.265 e. The molecule has 0 saturated heterocycles. The molecule has 4 rings (SSSR count). The van der Waals surface area contributed by atoms with Gasteiger partial charge in [-0.05, 0) is 43.2 Å². The third-order valence-corrected chi connectivity index (χ3v) is 6.80. The maximum atomic E-state index is 12.8. The van der Waals surface area contributed by atoms with E-state index in [9.17, 15) is 18.0 Å². The van der Waals surface area contributed by atoms with E-state index in [1.54, 1.807) is 30.3 Å². The van der Waals surface area contributed by atoms with E-state index in [0.717, 1.165) is 19.3 Å². The average molecular weight is 471 g/mol. The van der Waals surface area contributed by atoms with Crippen LogP contribution in [0.2, 0.25) is 0 Å². The van der Waals surface area contributed by atoms with Gasteiger partial charge in [0.15, 0.2) is 6.61 Å². The van der Waals surface area contributed by atoms with Crippen LogP contribution in [0.15, 0.2) is 58.4 Å². The van der Waals surface area contributed by atoms with Crippen molar-refractivity contribution >= 4 is 39.0 Å². The van der Waals surface area contributed by atoms with Gasteiger partial charge in [0.1, 0.15) is 11.6 Å². The van der Waals surface area contributed by atoms with Crippen LogP contribution in [0.25, 0.3) is 0 Å². The highest BCUT2D eigenvalue weighted by Crippen LogP contribution is 2.31. The van der Waals surface area contributed by atoms with Crippen molar-refractivity contribution in [2.24, 2.45) is 4.99 Å². The molecule has 9 nitrogen and oxygen atoms in total. The molecule has 0 bridgehead atoms. The van der Waals surface area contributed by atoms with Crippen LogP contribution in [-0.4, -0.2) is 45.8 Å². The summed E-state index contributed by atoms with van der Waals surface area (Å²) >= 11 is 0. The number of para-hydroxylation sites is 2. The van der Waals surface area contributed by atoms with E-state index >= 15 is 0 Å². The second-order valence-corrected chi connectivity index (χ2v) is 9.55. The van der Waals surface area contributed by atoms with Crippen LogP contribution in [0, 0.1) is 0 Å². The number of benzene rings is 2. The minimum absolute atomic E-state index is 0.0459. The van der Waals surface area contributed by atoms with Gasteiger partial charge in [-0.2, -0.15) is 0 Å². The molecule has 174 valence electrons. The van der Waals surface area contributed by atoms with Crippen molar-refractivity contribution in [3.63, 3.8) is 0 Å². The number of ether oxygens (including phenoxy) is 1. The first-order valence-corrected chi connectivity index (χ1v) is 12.4. The number of hydrogen-bond acceptors (Lipinski definition) is 6. The van der Waals surface area contributed by atoms with Gasteiger partial charge in [-0.3, -0.25) is 19.3 Å². The summed E-state index contributed by atoms with van der Waals surface area (Å²) < 4.78 is 33.5. The number of nitrogens with one attached hydrogen (secondary N) is 2. The standard InChI is InChI=1S/C23H26N4O5S/c28-22(12-14-27-19-9-3-4-10-20(19)32-16-23(27)29)25-17-7-6-8-18(15-17)33(30,31)26-21-11-2-1-5-13-24-21/h3-4,6-10,15H,1-2,5,11-14,16H2,(H,24,26)(H,25,28). The number of amides is 2. The monoisotopic (exact) mass is 470 g/mol. The zero-order valence-corrected chi connectivity index (χ0v) is 18.9. The first kappa shape index (κ1) is 22.8. The Morgan fingerprint density at radius 3 is 2.82 bits per heavy atom. The summed E-state index contributed by atoms with van der Waals surface area (Å²) in [5.74, 6) is 0.517. The molecule has 0 radical (unpaired) electrons. The van der Waals surface area contributed by atoms with Gasteiger partial charge in [0.2, 0.25) is 5.91 Å². The number of aliphatic imine (C=N–C) groups is 1. The predicted molar refractivity (Wildman–Crippen MR) is 125 cm³/mol. The van der Waals surface area contributed by atoms with Gasteiger partial charge in [0.25, 0.3) is 15.9 Å². The van der Waals surface area contributed by atoms with Crippen molar-refractivity contribution in [3.05, 3.63) is 48.5 Å². The summed E-state index contributed by atoms with van der Waals surface area (Å²) in [7, 11) is -3.80. The number of rotatable bonds is 6. The summed E-state index contributed by atoms with van der Waals surface area (Å²) in [5, 5.41) is 2.72. The minimum Gasteiger partial charge on any atom is -0.482 e. The lowest BCUT2D eigenvalue weighted by atomic mass is 10.2. The number of nitrogens with zero attached hydrogens (tertiary/aromatic N) is 2. The molecule has 0 aliphatic carbocycles. The van der Waals surface area contributed by atoms with Crippen LogP contribution in [0.4, 0.5) is 11.4 Å². The molecule has 0 unspecified atom stereocenters. The zero-order valence-electron chi connectivity index (χ0n) is 18.1. The lowest BCUT2D eigenvalue weighted by Crippen LogP contribution is -2.40. The molecule has 2 aliphatic rings. The first-order valence-electron chi connectivity index (χ1n) is 10.9. The number of carbonyl (C=O) groups excluding carboxylic acids is 2. The summed E-state index contributed by atoms with van der Waals surface area (Å²) in [5.41, 5.74) is 0.988. The molecule has 0 fully saturated rings. The molecule has 2 aromatic carbocycles. The van der Waals surface area contributed by atoms with E-state index < -0.39 is 10.0 Å². The van der Waals surface area contributed by atoms with Crippen molar-refractivity contribution in [1.29, 1.82) is 0 Å². The molecule has 2 heterocycles. The molecule has 2 amide bonds. The molecule has 33 heavy (non-hydrogen) atoms. The number of amidine groups is 1. The van der Waals surface area contributed by atoms with Gasteiger partial charge in [0, 0.05) is 31.6 Å². The smallest absolute Gasteiger partial charge is 0.265 e. The van der Waals surface area contributed by atoms with E-state index in [1.807, 2.05) is 6.07 Å². The largest absolute Gasteiger partial charge is 0.482 e. The van der Waals surface area contributed by atoms with Gasteiger partial charge < -0.3 is 15.0 Å². The van der Waals surface area contributed by atoms with E-state index in [1.165, 1.54) is 17.0 Å². The van der Waals surface area contributed by atoms with Gasteiger partial charge >= 0.3 is 0 Å². The molecule has 0 aromatic heterocycles. The zero-order chi connectivity index (χ0) is 23.3. The Kier molecular flexibility index (Phi) is 6.93. The normalized spacial score (nSPS) is 16.2. The molecule has 2 aliphatic heterocycles. The van der Waals surface area contributed by atoms with Crippen LogP contribution in [0.1, 0.15) is 32.1 Å². The molecular weight excluding hydrogens is 444 g/mol. The van der Waals surface area contributed by atoms with E-state index in [4.69, 9.17) is 4.74 Å². The molecular formula is C23H26N4O5S. The summed E-state index contributed by atoms with van der Waals surface area (Å²) in [6, 6.07) is 13.2. The fourth-order valence-corrected chi connectivity index (χ4v) is 4.88. The SMILES string of the molecule is O=C(CCN1C(=O)COc2ccccc21)Nc1cccc(S(=O)(=O)NC2=NCCCCC2)c1. The number of hydrogen-bond donors (Lipinski definition) is 2. The van der Waals surface area contributed by atoms with Gasteiger partial charge in [-0.25, -0.2) is 8.42 Å². The lowest BCUT2D eigenvalue weighted by molar-refractivity contribution is -0.121. The second kappa shape index (κ2) is 10.0. The Hall–Kier alpha value is -3.40. The van der Waals surface area contributed by atoms with Crippen LogP contribution >= 0.6 is 0 Å². The number of sulfonamides is 1. The Morgan fingerprint density at radius 2 is 1.94 bits per heavy atom. The number of anilines is 2. The Labute approximate surface area is 192 Å². The van der Waals surface area contributed by atoms with Crippen LogP contribution < -0.4 is 19.7 Å². The van der Waals surface area contributed by atoms with Crippen LogP contribution in [0.5, 0.6) is 5.75 Å². The molecule has 2 aromatic rings. The Balaban J connectivity index is 1.39. The van der Waals surface area contributed by atoms with Gasteiger partial charge in [0.05, 0.1) is 10.6 Å². The summed E-state index contributed by atoms with van der Waals surface area (Å²) in [6.45, 7) is 0.727. The van der Waals surface area contributed by atoms with Crippen molar-refractivity contribution in [2.75, 3.05) is 29.9 Å². The summed E-state index contributed by atoms with van der Waals surface area (Å²) in [4.78, 5) is 30.7. The van der Waals surface area contributed by atoms with E-state index in [-0.39, 0.29) is 36.3 Å². The van der Waals surface area contributed by atoms with E-state index in [0.29, 0.717) is 35.9 Å². The fourth-order valence-electron chi connectivity index (χ4n) is 3.75. The molecule has 2 N–H and O–H groups in total. The van der Waals surface area contributed by atoms with Crippen molar-refractivity contribution in [2.45, 2.75) is 37.0 Å². The average Bonchev–Trinajstić information content (AvgIpc) is 3.07. The fraction of sp³-hybridized carbons (Fsp3) is 0.348. The quantitative estimate of drug-likeness (QED) is 0.673. The number of carbonyl (C=O) groups is 2. The minimum atomic E-state index is -3.80. The predicted octanol–water partition coefficient (Wildman–Crippen LogP) is 2.69. The third-order valence-electron chi connectivity index (χ3n) is 5.43. The highest BCUT2D eigenvalue weighted by Gasteiger charge is 2.25. The van der Waals surface area contributed by atoms with Crippen LogP contribution in [0.3, 0.4) is 0 Å². The first-order chi connectivity index (χ1) is 15.9. The third kappa shape index (κ3) is 5.70. The van der Waals surface area contributed by atoms with Gasteiger partial charge in [-0.1, -0.05) is 24.6 Å². The van der Waals surface area contributed by atoms with E-state index in [2.05, 4.69) is 15.0 Å². The Bertz CT molecular complexity index is 1180. The number of fused-ring (bicyclic) bond motifs is 1. The molecule has 0 spiro atoms. The van der Waals surface area contributed by atoms with Crippen LogP contribution in [-0.2, 0) is 19.6 Å². The topological polar surface area (TPSA) is 117 Å². The second-order valence-electron chi connectivity index (χ2n) is 7.87. The van der Waals surface area contributed by atoms with Crippen molar-refractivity contribution < 1.29 is 22.7 Å². The van der Waals surface area contributed by atoms with Gasteiger partial charge in [-0.15, -0.1) is 0 Å². The molecule has 10 heteroatoms. The highest BCUT2D eigenvalue weighted by atomic mass is 32.2. The Morgan fingerprint density at radius 1 is 1.09 bits per heavy atom. The van der Waals surface area contributed by atoms with Crippen molar-refractivity contribution in [1.82, 2.24) is 4.72 Å². The summed E-state index contributed by atoms with van der Waals surface area (Å²) in [6.07, 6.45) is 3.52. The molecule has 0 atom stereocenters.